The fourth-order valence-electron chi connectivity index (χ4n) is 1.10. The van der Waals surface area contributed by atoms with Gasteiger partial charge in [-0.1, -0.05) is 0 Å². The highest BCUT2D eigenvalue weighted by Crippen LogP contribution is 2.38. The average Bonchev–Trinajstić information content (AvgIpc) is 2.15. The van der Waals surface area contributed by atoms with E-state index in [1.54, 1.807) is 0 Å². The van der Waals surface area contributed by atoms with Crippen LogP contribution in [0.5, 0.6) is 5.75 Å². The minimum atomic E-state index is -4.59. The molecule has 1 rings (SSSR count). The predicted molar refractivity (Wildman–Crippen MR) is 54.2 cm³/mol. The second-order valence-electron chi connectivity index (χ2n) is 2.90. The minimum absolute atomic E-state index is 0.0793. The van der Waals surface area contributed by atoms with Crippen molar-refractivity contribution in [2.75, 3.05) is 7.11 Å². The SMILES string of the molecule is COc1cc(C(N)=O)c(Br)c(C(F)(F)F)c1. The standard InChI is InChI=1S/C9H7BrF3NO2/c1-16-4-2-5(8(14)15)7(10)6(3-4)9(11,12)13/h2-3H,1H3,(H2,14,15). The normalized spacial score (nSPS) is 11.3. The fraction of sp³-hybridized carbons (Fsp3) is 0.222. The molecule has 0 aliphatic carbocycles. The van der Waals surface area contributed by atoms with E-state index in [1.807, 2.05) is 0 Å². The van der Waals surface area contributed by atoms with Crippen molar-refractivity contribution in [1.29, 1.82) is 0 Å². The molecule has 3 nitrogen and oxygen atoms in total. The van der Waals surface area contributed by atoms with E-state index in [-0.39, 0.29) is 15.8 Å². The van der Waals surface area contributed by atoms with Crippen LogP contribution in [0, 0.1) is 0 Å². The first-order valence-electron chi connectivity index (χ1n) is 4.02. The van der Waals surface area contributed by atoms with Gasteiger partial charge < -0.3 is 10.5 Å². The van der Waals surface area contributed by atoms with Crippen molar-refractivity contribution < 1.29 is 22.7 Å². The number of carbonyl (C=O) groups excluding carboxylic acids is 1. The third-order valence-electron chi connectivity index (χ3n) is 1.85. The van der Waals surface area contributed by atoms with Gasteiger partial charge in [-0.2, -0.15) is 13.2 Å². The summed E-state index contributed by atoms with van der Waals surface area (Å²) in [6.07, 6.45) is -4.59. The summed E-state index contributed by atoms with van der Waals surface area (Å²) in [6.45, 7) is 0. The van der Waals surface area contributed by atoms with Crippen LogP contribution < -0.4 is 10.5 Å². The van der Waals surface area contributed by atoms with E-state index in [0.29, 0.717) is 0 Å². The Morgan fingerprint density at radius 2 is 2.00 bits per heavy atom. The van der Waals surface area contributed by atoms with Crippen LogP contribution in [0.1, 0.15) is 15.9 Å². The summed E-state index contributed by atoms with van der Waals surface area (Å²) in [5.74, 6) is -1.04. The second-order valence-corrected chi connectivity index (χ2v) is 3.69. The number of methoxy groups -OCH3 is 1. The van der Waals surface area contributed by atoms with E-state index < -0.39 is 17.6 Å². The van der Waals surface area contributed by atoms with Gasteiger partial charge in [-0.25, -0.2) is 0 Å². The van der Waals surface area contributed by atoms with Gasteiger partial charge in [-0.15, -0.1) is 0 Å². The summed E-state index contributed by atoms with van der Waals surface area (Å²) >= 11 is 2.70. The van der Waals surface area contributed by atoms with Crippen LogP contribution in [0.25, 0.3) is 0 Å². The van der Waals surface area contributed by atoms with Gasteiger partial charge in [0.2, 0.25) is 5.91 Å². The number of primary amides is 1. The Morgan fingerprint density at radius 1 is 1.44 bits per heavy atom. The molecule has 0 saturated heterocycles. The number of alkyl halides is 3. The molecule has 2 N–H and O–H groups in total. The molecule has 0 saturated carbocycles. The monoisotopic (exact) mass is 297 g/mol. The molecule has 0 aromatic heterocycles. The Morgan fingerprint density at radius 3 is 2.38 bits per heavy atom. The van der Waals surface area contributed by atoms with Crippen molar-refractivity contribution in [1.82, 2.24) is 0 Å². The molecule has 0 fully saturated rings. The molecule has 16 heavy (non-hydrogen) atoms. The van der Waals surface area contributed by atoms with Crippen molar-refractivity contribution >= 4 is 21.8 Å². The Bertz CT molecular complexity index is 431. The number of amides is 1. The lowest BCUT2D eigenvalue weighted by atomic mass is 10.1. The van der Waals surface area contributed by atoms with Gasteiger partial charge in [0.1, 0.15) is 5.75 Å². The van der Waals surface area contributed by atoms with E-state index in [0.717, 1.165) is 12.1 Å². The molecule has 88 valence electrons. The van der Waals surface area contributed by atoms with Crippen LogP contribution in [0.4, 0.5) is 13.2 Å². The summed E-state index contributed by atoms with van der Waals surface area (Å²) in [6, 6.07) is 1.93. The highest BCUT2D eigenvalue weighted by Gasteiger charge is 2.35. The number of hydrogen-bond donors (Lipinski definition) is 1. The van der Waals surface area contributed by atoms with E-state index in [2.05, 4.69) is 20.7 Å². The largest absolute Gasteiger partial charge is 0.497 e. The zero-order valence-corrected chi connectivity index (χ0v) is 9.65. The summed E-state index contributed by atoms with van der Waals surface area (Å²) in [5, 5.41) is 0. The van der Waals surface area contributed by atoms with Crippen LogP contribution in [0.3, 0.4) is 0 Å². The molecule has 0 radical (unpaired) electrons. The number of benzene rings is 1. The molecule has 0 aliphatic heterocycles. The van der Waals surface area contributed by atoms with Crippen LogP contribution >= 0.6 is 15.9 Å². The molecule has 7 heteroatoms. The van der Waals surface area contributed by atoms with Gasteiger partial charge in [0, 0.05) is 4.47 Å². The van der Waals surface area contributed by atoms with Crippen LogP contribution in [-0.4, -0.2) is 13.0 Å². The quantitative estimate of drug-likeness (QED) is 0.912. The van der Waals surface area contributed by atoms with E-state index >= 15 is 0 Å². The Balaban J connectivity index is 3.50. The van der Waals surface area contributed by atoms with Gasteiger partial charge in [0.05, 0.1) is 18.2 Å². The zero-order valence-electron chi connectivity index (χ0n) is 8.06. The van der Waals surface area contributed by atoms with Crippen molar-refractivity contribution in [3.8, 4) is 5.75 Å². The lowest BCUT2D eigenvalue weighted by Gasteiger charge is -2.13. The van der Waals surface area contributed by atoms with Gasteiger partial charge in [0.15, 0.2) is 0 Å². The van der Waals surface area contributed by atoms with E-state index in [9.17, 15) is 18.0 Å². The topological polar surface area (TPSA) is 52.3 Å². The maximum atomic E-state index is 12.6. The first-order chi connectivity index (χ1) is 7.27. The third-order valence-corrected chi connectivity index (χ3v) is 2.71. The fourth-order valence-corrected chi connectivity index (χ4v) is 1.75. The molecular weight excluding hydrogens is 291 g/mol. The predicted octanol–water partition coefficient (Wildman–Crippen LogP) is 2.58. The number of halogens is 4. The Kier molecular flexibility index (Phi) is 3.47. The van der Waals surface area contributed by atoms with Crippen LogP contribution in [0.2, 0.25) is 0 Å². The molecule has 1 amide bonds. The molecule has 0 atom stereocenters. The highest BCUT2D eigenvalue weighted by molar-refractivity contribution is 9.10. The number of nitrogens with two attached hydrogens (primary N) is 1. The van der Waals surface area contributed by atoms with E-state index in [4.69, 9.17) is 5.73 Å². The summed E-state index contributed by atoms with van der Waals surface area (Å²) < 4.78 is 42.0. The molecule has 1 aromatic carbocycles. The lowest BCUT2D eigenvalue weighted by molar-refractivity contribution is -0.138. The molecular formula is C9H7BrF3NO2. The minimum Gasteiger partial charge on any atom is -0.497 e. The first kappa shape index (κ1) is 12.8. The summed E-state index contributed by atoms with van der Waals surface area (Å²) in [5.41, 5.74) is 3.69. The summed E-state index contributed by atoms with van der Waals surface area (Å²) in [7, 11) is 1.20. The average molecular weight is 298 g/mol. The van der Waals surface area contributed by atoms with Crippen molar-refractivity contribution in [2.45, 2.75) is 6.18 Å². The summed E-state index contributed by atoms with van der Waals surface area (Å²) in [4.78, 5) is 10.9. The Labute approximate surface area is 97.5 Å². The second kappa shape index (κ2) is 4.32. The van der Waals surface area contributed by atoms with Crippen molar-refractivity contribution in [3.05, 3.63) is 27.7 Å². The maximum absolute atomic E-state index is 12.6. The lowest BCUT2D eigenvalue weighted by Crippen LogP contribution is -2.15. The van der Waals surface area contributed by atoms with Crippen LogP contribution in [-0.2, 0) is 6.18 Å². The zero-order chi connectivity index (χ0) is 12.5. The number of carbonyl (C=O) groups is 1. The number of rotatable bonds is 2. The molecule has 0 spiro atoms. The van der Waals surface area contributed by atoms with Gasteiger partial charge in [0.25, 0.3) is 0 Å². The molecule has 0 aliphatic rings. The van der Waals surface area contributed by atoms with Crippen molar-refractivity contribution in [3.63, 3.8) is 0 Å². The first-order valence-corrected chi connectivity index (χ1v) is 4.81. The number of hydrogen-bond acceptors (Lipinski definition) is 2. The third kappa shape index (κ3) is 2.46. The highest BCUT2D eigenvalue weighted by atomic mass is 79.9. The molecule has 0 heterocycles. The van der Waals surface area contributed by atoms with Gasteiger partial charge in [-0.05, 0) is 28.1 Å². The van der Waals surface area contributed by atoms with Gasteiger partial charge in [-0.3, -0.25) is 4.79 Å². The van der Waals surface area contributed by atoms with E-state index in [1.165, 1.54) is 7.11 Å². The molecule has 0 unspecified atom stereocenters. The molecule has 1 aromatic rings. The smallest absolute Gasteiger partial charge is 0.417 e. The van der Waals surface area contributed by atoms with Crippen LogP contribution in [0.15, 0.2) is 16.6 Å². The molecule has 0 bridgehead atoms. The number of ether oxygens (including phenoxy) is 1. The Hall–Kier alpha value is -1.24. The van der Waals surface area contributed by atoms with Gasteiger partial charge >= 0.3 is 6.18 Å². The van der Waals surface area contributed by atoms with Crippen molar-refractivity contribution in [2.24, 2.45) is 5.73 Å². The maximum Gasteiger partial charge on any atom is 0.417 e.